The van der Waals surface area contributed by atoms with Gasteiger partial charge in [0.25, 0.3) is 0 Å². The molecule has 2 heterocycles. The summed E-state index contributed by atoms with van der Waals surface area (Å²) in [6, 6.07) is 3.54. The van der Waals surface area contributed by atoms with Gasteiger partial charge < -0.3 is 29.8 Å². The summed E-state index contributed by atoms with van der Waals surface area (Å²) in [4.78, 5) is 17.9. The molecular weight excluding hydrogens is 451 g/mol. The van der Waals surface area contributed by atoms with Gasteiger partial charge >= 0.3 is 6.09 Å². The second-order valence-electron chi connectivity index (χ2n) is 6.98. The molecule has 148 valence electrons. The molecule has 1 aliphatic rings. The van der Waals surface area contributed by atoms with Crippen molar-refractivity contribution in [2.75, 3.05) is 26.2 Å². The number of furan rings is 1. The number of aliphatic imine (C=N–C) groups is 1. The zero-order valence-electron chi connectivity index (χ0n) is 15.7. The Labute approximate surface area is 171 Å². The van der Waals surface area contributed by atoms with Crippen LogP contribution in [0.2, 0.25) is 0 Å². The third kappa shape index (κ3) is 7.02. The van der Waals surface area contributed by atoms with Gasteiger partial charge in [-0.05, 0) is 39.8 Å². The smallest absolute Gasteiger partial charge is 0.410 e. The number of likely N-dealkylation sites (tertiary alicyclic amines) is 1. The van der Waals surface area contributed by atoms with Crippen LogP contribution in [0.5, 0.6) is 0 Å². The number of hydrogen-bond acceptors (Lipinski definition) is 5. The van der Waals surface area contributed by atoms with Crippen LogP contribution in [0, 0.1) is 0 Å². The van der Waals surface area contributed by atoms with Gasteiger partial charge in [0.05, 0.1) is 18.8 Å². The van der Waals surface area contributed by atoms with Gasteiger partial charge in [-0.1, -0.05) is 0 Å². The Hall–Kier alpha value is -1.49. The molecule has 26 heavy (non-hydrogen) atoms. The van der Waals surface area contributed by atoms with E-state index in [1.807, 2.05) is 27.7 Å². The zero-order valence-corrected chi connectivity index (χ0v) is 18.0. The summed E-state index contributed by atoms with van der Waals surface area (Å²) in [5.41, 5.74) is -0.492. The largest absolute Gasteiger partial charge is 0.467 e. The lowest BCUT2D eigenvalue weighted by molar-refractivity contribution is 0.00700. The number of carbonyl (C=O) groups excluding carboxylic acids is 1. The van der Waals surface area contributed by atoms with E-state index in [0.29, 0.717) is 31.4 Å². The third-order valence-electron chi connectivity index (χ3n) is 3.51. The van der Waals surface area contributed by atoms with E-state index in [2.05, 4.69) is 15.6 Å². The molecule has 0 saturated carbocycles. The average molecular weight is 480 g/mol. The van der Waals surface area contributed by atoms with Crippen LogP contribution in [0.1, 0.15) is 39.6 Å². The minimum absolute atomic E-state index is 0. The van der Waals surface area contributed by atoms with Crippen LogP contribution in [0.3, 0.4) is 0 Å². The number of rotatable bonds is 5. The molecule has 1 aromatic heterocycles. The molecule has 1 saturated heterocycles. The van der Waals surface area contributed by atoms with Gasteiger partial charge in [0.15, 0.2) is 5.96 Å². The van der Waals surface area contributed by atoms with Crippen molar-refractivity contribution in [3.05, 3.63) is 24.2 Å². The van der Waals surface area contributed by atoms with Gasteiger partial charge in [-0.3, -0.25) is 4.99 Å². The summed E-state index contributed by atoms with van der Waals surface area (Å²) in [6.07, 6.45) is 0.427. The number of nitrogens with zero attached hydrogens (tertiary/aromatic N) is 2. The SMILES string of the molecule is CCNC(=NCC(O)c1ccco1)NC1CN(C(=O)OC(C)(C)C)C1.I. The van der Waals surface area contributed by atoms with E-state index in [1.54, 1.807) is 17.0 Å². The lowest BCUT2D eigenvalue weighted by Crippen LogP contribution is -2.63. The molecule has 0 aliphatic carbocycles. The summed E-state index contributed by atoms with van der Waals surface area (Å²) < 4.78 is 10.5. The molecule has 1 fully saturated rings. The van der Waals surface area contributed by atoms with Gasteiger partial charge in [0, 0.05) is 19.6 Å². The lowest BCUT2D eigenvalue weighted by atomic mass is 10.1. The van der Waals surface area contributed by atoms with E-state index in [4.69, 9.17) is 9.15 Å². The Bertz CT molecular complexity index is 580. The highest BCUT2D eigenvalue weighted by Gasteiger charge is 2.34. The highest BCUT2D eigenvalue weighted by molar-refractivity contribution is 14.0. The normalized spacial score (nSPS) is 16.3. The van der Waals surface area contributed by atoms with Crippen molar-refractivity contribution in [1.82, 2.24) is 15.5 Å². The molecule has 9 heteroatoms. The Kier molecular flexibility index (Phi) is 8.68. The lowest BCUT2D eigenvalue weighted by Gasteiger charge is -2.40. The number of hydrogen-bond donors (Lipinski definition) is 3. The average Bonchev–Trinajstić information content (AvgIpc) is 2.99. The van der Waals surface area contributed by atoms with Crippen LogP contribution in [0.15, 0.2) is 27.8 Å². The number of halogens is 1. The van der Waals surface area contributed by atoms with Gasteiger partial charge in [0.1, 0.15) is 17.5 Å². The van der Waals surface area contributed by atoms with Crippen LogP contribution < -0.4 is 10.6 Å². The molecule has 0 radical (unpaired) electrons. The molecular formula is C17H29IN4O4. The fourth-order valence-electron chi connectivity index (χ4n) is 2.31. The molecule has 8 nitrogen and oxygen atoms in total. The van der Waals surface area contributed by atoms with Crippen LogP contribution >= 0.6 is 24.0 Å². The first-order valence-electron chi connectivity index (χ1n) is 8.52. The van der Waals surface area contributed by atoms with E-state index in [0.717, 1.165) is 0 Å². The predicted octanol–water partition coefficient (Wildman–Crippen LogP) is 2.11. The van der Waals surface area contributed by atoms with Crippen LogP contribution in [-0.2, 0) is 4.74 Å². The Morgan fingerprint density at radius 3 is 2.73 bits per heavy atom. The van der Waals surface area contributed by atoms with E-state index >= 15 is 0 Å². The quantitative estimate of drug-likeness (QED) is 0.339. The first-order chi connectivity index (χ1) is 11.8. The summed E-state index contributed by atoms with van der Waals surface area (Å²) in [5.74, 6) is 1.08. The molecule has 1 amide bonds. The number of aliphatic hydroxyl groups excluding tert-OH is 1. The first-order valence-corrected chi connectivity index (χ1v) is 8.52. The topological polar surface area (TPSA) is 99.3 Å². The number of aliphatic hydroxyl groups is 1. The highest BCUT2D eigenvalue weighted by atomic mass is 127. The van der Waals surface area contributed by atoms with Crippen molar-refractivity contribution in [3.8, 4) is 0 Å². The number of carbonyl (C=O) groups is 1. The van der Waals surface area contributed by atoms with Crippen molar-refractivity contribution in [1.29, 1.82) is 0 Å². The van der Waals surface area contributed by atoms with Gasteiger partial charge in [-0.25, -0.2) is 4.79 Å². The van der Waals surface area contributed by atoms with Gasteiger partial charge in [-0.15, -0.1) is 24.0 Å². The molecule has 0 spiro atoms. The Morgan fingerprint density at radius 1 is 1.50 bits per heavy atom. The second kappa shape index (κ2) is 10.0. The number of nitrogens with one attached hydrogen (secondary N) is 2. The third-order valence-corrected chi connectivity index (χ3v) is 3.51. The molecule has 1 unspecified atom stereocenters. The summed E-state index contributed by atoms with van der Waals surface area (Å²) in [7, 11) is 0. The standard InChI is InChI=1S/C17H28N4O4.HI/c1-5-18-15(19-9-13(22)14-7-6-8-24-14)20-12-10-21(11-12)16(23)25-17(2,3)4;/h6-8,12-13,22H,5,9-11H2,1-4H3,(H2,18,19,20);1H. The van der Waals surface area contributed by atoms with E-state index in [-0.39, 0.29) is 42.7 Å². The van der Waals surface area contributed by atoms with Crippen LogP contribution in [0.25, 0.3) is 0 Å². The molecule has 1 aliphatic heterocycles. The minimum atomic E-state index is -0.787. The van der Waals surface area contributed by atoms with Crippen LogP contribution in [0.4, 0.5) is 4.79 Å². The molecule has 0 bridgehead atoms. The monoisotopic (exact) mass is 480 g/mol. The first kappa shape index (κ1) is 22.6. The summed E-state index contributed by atoms with van der Waals surface area (Å²) >= 11 is 0. The Morgan fingerprint density at radius 2 is 2.19 bits per heavy atom. The minimum Gasteiger partial charge on any atom is -0.467 e. The van der Waals surface area contributed by atoms with Gasteiger partial charge in [-0.2, -0.15) is 0 Å². The molecule has 0 aromatic carbocycles. The van der Waals surface area contributed by atoms with Crippen molar-refractivity contribution in [2.45, 2.75) is 45.4 Å². The predicted molar refractivity (Wildman–Crippen MR) is 110 cm³/mol. The maximum atomic E-state index is 11.9. The molecule has 3 N–H and O–H groups in total. The second-order valence-corrected chi connectivity index (χ2v) is 6.98. The summed E-state index contributed by atoms with van der Waals surface area (Å²) in [5, 5.41) is 16.4. The summed E-state index contributed by atoms with van der Waals surface area (Å²) in [6.45, 7) is 9.51. The molecule has 2 rings (SSSR count). The van der Waals surface area contributed by atoms with Crippen molar-refractivity contribution in [3.63, 3.8) is 0 Å². The fraction of sp³-hybridized carbons (Fsp3) is 0.647. The number of ether oxygens (including phenoxy) is 1. The molecule has 1 aromatic rings. The Balaban J connectivity index is 0.00000338. The molecule has 1 atom stereocenters. The van der Waals surface area contributed by atoms with Crippen molar-refractivity contribution in [2.24, 2.45) is 4.99 Å². The maximum Gasteiger partial charge on any atom is 0.410 e. The van der Waals surface area contributed by atoms with Crippen LogP contribution in [-0.4, -0.2) is 59.9 Å². The van der Waals surface area contributed by atoms with E-state index < -0.39 is 11.7 Å². The van der Waals surface area contributed by atoms with E-state index in [1.165, 1.54) is 6.26 Å². The fourth-order valence-corrected chi connectivity index (χ4v) is 2.31. The number of guanidine groups is 1. The highest BCUT2D eigenvalue weighted by Crippen LogP contribution is 2.15. The van der Waals surface area contributed by atoms with Crippen molar-refractivity contribution < 1.29 is 19.1 Å². The maximum absolute atomic E-state index is 11.9. The van der Waals surface area contributed by atoms with Gasteiger partial charge in [0.2, 0.25) is 0 Å². The zero-order chi connectivity index (χ0) is 18.4. The van der Waals surface area contributed by atoms with Crippen molar-refractivity contribution >= 4 is 36.0 Å². The number of amides is 1. The van der Waals surface area contributed by atoms with E-state index in [9.17, 15) is 9.90 Å².